The summed E-state index contributed by atoms with van der Waals surface area (Å²) in [6, 6.07) is 10.1. The molecule has 0 fully saturated rings. The van der Waals surface area contributed by atoms with Crippen molar-refractivity contribution in [2.24, 2.45) is 5.73 Å². The van der Waals surface area contributed by atoms with E-state index in [0.29, 0.717) is 13.0 Å². The molecule has 3 N–H and O–H groups in total. The molecule has 0 aliphatic carbocycles. The standard InChI is InChI=1S/C14H22N2O/c1-12(13-7-3-2-4-8-13)11-14(17)16-10-6-5-9-15/h2-4,7-8,12H,5-6,9-11,15H2,1H3,(H,16,17). The van der Waals surface area contributed by atoms with Crippen molar-refractivity contribution in [3.05, 3.63) is 35.9 Å². The Labute approximate surface area is 103 Å². The second-order valence-corrected chi connectivity index (χ2v) is 4.36. The number of nitrogens with two attached hydrogens (primary N) is 1. The highest BCUT2D eigenvalue weighted by Gasteiger charge is 2.09. The highest BCUT2D eigenvalue weighted by atomic mass is 16.1. The molecule has 1 amide bonds. The second kappa shape index (κ2) is 7.85. The van der Waals surface area contributed by atoms with Crippen molar-refractivity contribution < 1.29 is 4.79 Å². The number of nitrogens with one attached hydrogen (secondary N) is 1. The fourth-order valence-electron chi connectivity index (χ4n) is 1.75. The molecule has 0 aliphatic rings. The summed E-state index contributed by atoms with van der Waals surface area (Å²) < 4.78 is 0. The maximum absolute atomic E-state index is 11.6. The zero-order chi connectivity index (χ0) is 12.5. The van der Waals surface area contributed by atoms with Crippen LogP contribution in [0.2, 0.25) is 0 Å². The summed E-state index contributed by atoms with van der Waals surface area (Å²) in [6.45, 7) is 3.50. The van der Waals surface area contributed by atoms with Crippen molar-refractivity contribution in [1.29, 1.82) is 0 Å². The second-order valence-electron chi connectivity index (χ2n) is 4.36. The van der Waals surface area contributed by atoms with E-state index in [2.05, 4.69) is 24.4 Å². The molecular formula is C14H22N2O. The summed E-state index contributed by atoms with van der Waals surface area (Å²) in [5, 5.41) is 2.92. The van der Waals surface area contributed by atoms with Gasteiger partial charge in [-0.25, -0.2) is 0 Å². The summed E-state index contributed by atoms with van der Waals surface area (Å²) in [5.74, 6) is 0.393. The van der Waals surface area contributed by atoms with Gasteiger partial charge < -0.3 is 11.1 Å². The minimum absolute atomic E-state index is 0.123. The largest absolute Gasteiger partial charge is 0.356 e. The number of hydrogen-bond donors (Lipinski definition) is 2. The van der Waals surface area contributed by atoms with Gasteiger partial charge in [-0.05, 0) is 30.9 Å². The van der Waals surface area contributed by atoms with Crippen LogP contribution < -0.4 is 11.1 Å². The molecule has 17 heavy (non-hydrogen) atoms. The number of amides is 1. The lowest BCUT2D eigenvalue weighted by Crippen LogP contribution is -2.25. The summed E-state index contributed by atoms with van der Waals surface area (Å²) >= 11 is 0. The molecule has 1 aromatic carbocycles. The zero-order valence-electron chi connectivity index (χ0n) is 10.5. The van der Waals surface area contributed by atoms with Crippen LogP contribution in [0.3, 0.4) is 0 Å². The van der Waals surface area contributed by atoms with E-state index in [1.807, 2.05) is 18.2 Å². The van der Waals surface area contributed by atoms with E-state index in [1.165, 1.54) is 5.56 Å². The third kappa shape index (κ3) is 5.50. The van der Waals surface area contributed by atoms with Gasteiger partial charge in [-0.15, -0.1) is 0 Å². The SMILES string of the molecule is CC(CC(=O)NCCCCN)c1ccccc1. The topological polar surface area (TPSA) is 55.1 Å². The van der Waals surface area contributed by atoms with Gasteiger partial charge in [0, 0.05) is 13.0 Å². The molecule has 0 aromatic heterocycles. The van der Waals surface area contributed by atoms with Crippen LogP contribution in [0.5, 0.6) is 0 Å². The molecule has 0 heterocycles. The molecule has 0 bridgehead atoms. The predicted octanol–water partition coefficient (Wildman–Crippen LogP) is 2.04. The van der Waals surface area contributed by atoms with Crippen LogP contribution in [0, 0.1) is 0 Å². The van der Waals surface area contributed by atoms with Crippen LogP contribution in [0.25, 0.3) is 0 Å². The summed E-state index contributed by atoms with van der Waals surface area (Å²) in [5.41, 5.74) is 6.60. The van der Waals surface area contributed by atoms with Gasteiger partial charge in [0.1, 0.15) is 0 Å². The Morgan fingerprint density at radius 1 is 1.29 bits per heavy atom. The van der Waals surface area contributed by atoms with E-state index >= 15 is 0 Å². The maximum Gasteiger partial charge on any atom is 0.220 e. The molecular weight excluding hydrogens is 212 g/mol. The molecule has 0 saturated heterocycles. The fourth-order valence-corrected chi connectivity index (χ4v) is 1.75. The predicted molar refractivity (Wildman–Crippen MR) is 70.8 cm³/mol. The quantitative estimate of drug-likeness (QED) is 0.709. The molecule has 94 valence electrons. The van der Waals surface area contributed by atoms with E-state index in [-0.39, 0.29) is 11.8 Å². The maximum atomic E-state index is 11.6. The first kappa shape index (κ1) is 13.7. The van der Waals surface area contributed by atoms with E-state index in [9.17, 15) is 4.79 Å². The lowest BCUT2D eigenvalue weighted by atomic mass is 9.97. The zero-order valence-corrected chi connectivity index (χ0v) is 10.5. The minimum Gasteiger partial charge on any atom is -0.356 e. The Bertz CT molecular complexity index is 324. The van der Waals surface area contributed by atoms with E-state index < -0.39 is 0 Å². The normalized spacial score (nSPS) is 12.1. The Morgan fingerprint density at radius 2 is 2.00 bits per heavy atom. The van der Waals surface area contributed by atoms with Crippen LogP contribution in [0.15, 0.2) is 30.3 Å². The Hall–Kier alpha value is -1.35. The van der Waals surface area contributed by atoms with Crippen molar-refractivity contribution in [2.75, 3.05) is 13.1 Å². The number of hydrogen-bond acceptors (Lipinski definition) is 2. The number of benzene rings is 1. The number of carbonyl (C=O) groups is 1. The van der Waals surface area contributed by atoms with Crippen molar-refractivity contribution in [3.8, 4) is 0 Å². The third-order valence-electron chi connectivity index (χ3n) is 2.81. The smallest absolute Gasteiger partial charge is 0.220 e. The monoisotopic (exact) mass is 234 g/mol. The van der Waals surface area contributed by atoms with E-state index in [4.69, 9.17) is 5.73 Å². The highest BCUT2D eigenvalue weighted by molar-refractivity contribution is 5.76. The fraction of sp³-hybridized carbons (Fsp3) is 0.500. The Balaban J connectivity index is 2.26. The van der Waals surface area contributed by atoms with Gasteiger partial charge in [0.25, 0.3) is 0 Å². The molecule has 0 saturated carbocycles. The van der Waals surface area contributed by atoms with Gasteiger partial charge >= 0.3 is 0 Å². The van der Waals surface area contributed by atoms with Gasteiger partial charge in [-0.3, -0.25) is 4.79 Å². The van der Waals surface area contributed by atoms with Crippen molar-refractivity contribution in [1.82, 2.24) is 5.32 Å². The van der Waals surface area contributed by atoms with Gasteiger partial charge in [0.05, 0.1) is 0 Å². The van der Waals surface area contributed by atoms with Gasteiger partial charge in [0.2, 0.25) is 5.91 Å². The van der Waals surface area contributed by atoms with Crippen LogP contribution in [0.4, 0.5) is 0 Å². The van der Waals surface area contributed by atoms with Crippen molar-refractivity contribution in [2.45, 2.75) is 32.1 Å². The van der Waals surface area contributed by atoms with E-state index in [0.717, 1.165) is 19.4 Å². The average Bonchev–Trinajstić information content (AvgIpc) is 2.36. The summed E-state index contributed by atoms with van der Waals surface area (Å²) in [6.07, 6.45) is 2.48. The summed E-state index contributed by atoms with van der Waals surface area (Å²) in [7, 11) is 0. The molecule has 1 rings (SSSR count). The van der Waals surface area contributed by atoms with E-state index in [1.54, 1.807) is 0 Å². The first-order valence-corrected chi connectivity index (χ1v) is 6.25. The molecule has 3 heteroatoms. The van der Waals surface area contributed by atoms with Crippen LogP contribution in [0.1, 0.15) is 37.7 Å². The van der Waals surface area contributed by atoms with Gasteiger partial charge in [-0.1, -0.05) is 37.3 Å². The molecule has 0 spiro atoms. The van der Waals surface area contributed by atoms with Gasteiger partial charge in [-0.2, -0.15) is 0 Å². The first-order valence-electron chi connectivity index (χ1n) is 6.25. The molecule has 3 nitrogen and oxygen atoms in total. The van der Waals surface area contributed by atoms with Crippen LogP contribution in [-0.2, 0) is 4.79 Å². The van der Waals surface area contributed by atoms with Gasteiger partial charge in [0.15, 0.2) is 0 Å². The molecule has 0 radical (unpaired) electrons. The number of rotatable bonds is 7. The minimum atomic E-state index is 0.123. The van der Waals surface area contributed by atoms with Crippen molar-refractivity contribution in [3.63, 3.8) is 0 Å². The molecule has 1 atom stereocenters. The Kier molecular flexibility index (Phi) is 6.33. The van der Waals surface area contributed by atoms with Crippen LogP contribution >= 0.6 is 0 Å². The molecule has 0 aliphatic heterocycles. The highest BCUT2D eigenvalue weighted by Crippen LogP contribution is 2.17. The average molecular weight is 234 g/mol. The first-order chi connectivity index (χ1) is 8.24. The van der Waals surface area contributed by atoms with Crippen LogP contribution in [-0.4, -0.2) is 19.0 Å². The lowest BCUT2D eigenvalue weighted by Gasteiger charge is -2.11. The number of unbranched alkanes of at least 4 members (excludes halogenated alkanes) is 1. The molecule has 1 aromatic rings. The molecule has 1 unspecified atom stereocenters. The Morgan fingerprint density at radius 3 is 2.65 bits per heavy atom. The lowest BCUT2D eigenvalue weighted by molar-refractivity contribution is -0.121. The summed E-state index contributed by atoms with van der Waals surface area (Å²) in [4.78, 5) is 11.6. The van der Waals surface area contributed by atoms with Crippen molar-refractivity contribution >= 4 is 5.91 Å². The number of carbonyl (C=O) groups excluding carboxylic acids is 1. The third-order valence-corrected chi connectivity index (χ3v) is 2.81.